The summed E-state index contributed by atoms with van der Waals surface area (Å²) in [5, 5.41) is 9.14. The Morgan fingerprint density at radius 3 is 2.53 bits per heavy atom. The van der Waals surface area contributed by atoms with Crippen molar-refractivity contribution in [3.05, 3.63) is 0 Å². The van der Waals surface area contributed by atoms with Gasteiger partial charge in [-0.2, -0.15) is 0 Å². The van der Waals surface area contributed by atoms with Gasteiger partial charge in [0, 0.05) is 18.8 Å². The van der Waals surface area contributed by atoms with Crippen molar-refractivity contribution in [1.29, 1.82) is 0 Å². The lowest BCUT2D eigenvalue weighted by Crippen LogP contribution is -2.46. The lowest BCUT2D eigenvalue weighted by atomic mass is 10.1. The van der Waals surface area contributed by atoms with E-state index in [9.17, 15) is 8.42 Å². The number of sulfone groups is 1. The fourth-order valence-electron chi connectivity index (χ4n) is 1.92. The molecule has 1 fully saturated rings. The minimum atomic E-state index is -3.04. The van der Waals surface area contributed by atoms with Crippen molar-refractivity contribution in [3.8, 4) is 0 Å². The lowest BCUT2D eigenvalue weighted by molar-refractivity contribution is 0.151. The Bertz CT molecular complexity index is 311. The standard InChI is InChI=1S/C10H21NO3S/c1-10(2,15(3,13)14)8-11-6-4-5-9(11)7-12/h9,12H,4-8H2,1-3H3. The number of aliphatic hydroxyl groups excluding tert-OH is 1. The van der Waals surface area contributed by atoms with Gasteiger partial charge in [-0.25, -0.2) is 8.42 Å². The molecule has 1 N–H and O–H groups in total. The van der Waals surface area contributed by atoms with Crippen molar-refractivity contribution >= 4 is 9.84 Å². The van der Waals surface area contributed by atoms with Crippen LogP contribution < -0.4 is 0 Å². The minimum Gasteiger partial charge on any atom is -0.395 e. The molecule has 1 atom stereocenters. The molecule has 0 aromatic carbocycles. The highest BCUT2D eigenvalue weighted by atomic mass is 32.2. The van der Waals surface area contributed by atoms with Crippen LogP contribution in [0.15, 0.2) is 0 Å². The molecule has 1 saturated heterocycles. The van der Waals surface area contributed by atoms with E-state index >= 15 is 0 Å². The molecule has 0 saturated carbocycles. The third-order valence-corrected chi connectivity index (χ3v) is 5.43. The summed E-state index contributed by atoms with van der Waals surface area (Å²) >= 11 is 0. The first-order valence-electron chi connectivity index (χ1n) is 5.32. The maximum absolute atomic E-state index is 11.5. The normalized spacial score (nSPS) is 24.7. The number of hydrogen-bond acceptors (Lipinski definition) is 4. The zero-order valence-electron chi connectivity index (χ0n) is 9.73. The smallest absolute Gasteiger partial charge is 0.153 e. The zero-order chi connectivity index (χ0) is 11.7. The summed E-state index contributed by atoms with van der Waals surface area (Å²) in [7, 11) is -3.04. The largest absolute Gasteiger partial charge is 0.395 e. The Morgan fingerprint density at radius 2 is 2.07 bits per heavy atom. The zero-order valence-corrected chi connectivity index (χ0v) is 10.5. The van der Waals surface area contributed by atoms with Gasteiger partial charge in [0.05, 0.1) is 11.4 Å². The van der Waals surface area contributed by atoms with Crippen LogP contribution in [0, 0.1) is 0 Å². The second-order valence-electron chi connectivity index (χ2n) is 4.98. The average molecular weight is 235 g/mol. The van der Waals surface area contributed by atoms with Gasteiger partial charge in [0.1, 0.15) is 0 Å². The maximum atomic E-state index is 11.5. The Labute approximate surface area is 92.2 Å². The van der Waals surface area contributed by atoms with E-state index in [1.165, 1.54) is 6.26 Å². The molecule has 4 nitrogen and oxygen atoms in total. The average Bonchev–Trinajstić information content (AvgIpc) is 2.48. The molecule has 0 radical (unpaired) electrons. The third kappa shape index (κ3) is 2.92. The molecule has 15 heavy (non-hydrogen) atoms. The highest BCUT2D eigenvalue weighted by Crippen LogP contribution is 2.23. The van der Waals surface area contributed by atoms with Gasteiger partial charge in [-0.3, -0.25) is 4.90 Å². The molecule has 1 aliphatic rings. The highest BCUT2D eigenvalue weighted by Gasteiger charge is 2.35. The van der Waals surface area contributed by atoms with Crippen LogP contribution in [0.3, 0.4) is 0 Å². The first-order chi connectivity index (χ1) is 6.78. The lowest BCUT2D eigenvalue weighted by Gasteiger charge is -2.31. The predicted molar refractivity (Wildman–Crippen MR) is 60.6 cm³/mol. The van der Waals surface area contributed by atoms with E-state index in [1.54, 1.807) is 13.8 Å². The molecule has 1 aliphatic heterocycles. The molecule has 1 unspecified atom stereocenters. The van der Waals surface area contributed by atoms with Crippen LogP contribution in [0.1, 0.15) is 26.7 Å². The molecule has 0 aliphatic carbocycles. The van der Waals surface area contributed by atoms with Crippen molar-refractivity contribution in [3.63, 3.8) is 0 Å². The van der Waals surface area contributed by atoms with Crippen molar-refractivity contribution in [2.24, 2.45) is 0 Å². The van der Waals surface area contributed by atoms with E-state index in [1.807, 2.05) is 0 Å². The fourth-order valence-corrected chi connectivity index (χ4v) is 2.32. The van der Waals surface area contributed by atoms with Gasteiger partial charge in [0.2, 0.25) is 0 Å². The number of nitrogens with zero attached hydrogens (tertiary/aromatic N) is 1. The topological polar surface area (TPSA) is 57.6 Å². The van der Waals surface area contributed by atoms with Crippen LogP contribution in [0.25, 0.3) is 0 Å². The third-order valence-electron chi connectivity index (χ3n) is 3.30. The SMILES string of the molecule is CC(C)(CN1CCCC1CO)S(C)(=O)=O. The highest BCUT2D eigenvalue weighted by molar-refractivity contribution is 7.92. The predicted octanol–water partition coefficient (Wildman–Crippen LogP) is 0.266. The summed E-state index contributed by atoms with van der Waals surface area (Å²) in [6, 6.07) is 0.144. The Hall–Kier alpha value is -0.130. The number of hydrogen-bond donors (Lipinski definition) is 1. The number of rotatable bonds is 4. The van der Waals surface area contributed by atoms with Crippen LogP contribution in [0.2, 0.25) is 0 Å². The molecule has 0 aromatic heterocycles. The Balaban J connectivity index is 2.69. The Kier molecular flexibility index (Phi) is 3.79. The fraction of sp³-hybridized carbons (Fsp3) is 1.00. The van der Waals surface area contributed by atoms with E-state index in [0.29, 0.717) is 6.54 Å². The van der Waals surface area contributed by atoms with E-state index in [-0.39, 0.29) is 12.6 Å². The van der Waals surface area contributed by atoms with Crippen molar-refractivity contribution in [2.45, 2.75) is 37.5 Å². The van der Waals surface area contributed by atoms with Crippen LogP contribution in [-0.2, 0) is 9.84 Å². The quantitative estimate of drug-likeness (QED) is 0.760. The van der Waals surface area contributed by atoms with Crippen LogP contribution >= 0.6 is 0 Å². The van der Waals surface area contributed by atoms with Crippen LogP contribution in [0.5, 0.6) is 0 Å². The molecule has 0 aromatic rings. The summed E-state index contributed by atoms with van der Waals surface area (Å²) in [6.07, 6.45) is 3.29. The second-order valence-corrected chi connectivity index (χ2v) is 7.63. The van der Waals surface area contributed by atoms with E-state index in [0.717, 1.165) is 19.4 Å². The van der Waals surface area contributed by atoms with Gasteiger partial charge in [-0.15, -0.1) is 0 Å². The monoisotopic (exact) mass is 235 g/mol. The summed E-state index contributed by atoms with van der Waals surface area (Å²) in [6.45, 7) is 5.02. The van der Waals surface area contributed by atoms with Crippen molar-refractivity contribution < 1.29 is 13.5 Å². The number of aliphatic hydroxyl groups is 1. The molecule has 1 heterocycles. The van der Waals surface area contributed by atoms with Gasteiger partial charge in [-0.1, -0.05) is 0 Å². The molecule has 90 valence electrons. The summed E-state index contributed by atoms with van der Waals surface area (Å²) < 4.78 is 22.4. The molecule has 0 amide bonds. The minimum absolute atomic E-state index is 0.125. The molecule has 0 spiro atoms. The van der Waals surface area contributed by atoms with Crippen molar-refractivity contribution in [2.75, 3.05) is 26.0 Å². The van der Waals surface area contributed by atoms with E-state index < -0.39 is 14.6 Å². The van der Waals surface area contributed by atoms with Crippen molar-refractivity contribution in [1.82, 2.24) is 4.90 Å². The van der Waals surface area contributed by atoms with Gasteiger partial charge >= 0.3 is 0 Å². The summed E-state index contributed by atoms with van der Waals surface area (Å²) in [5.41, 5.74) is 0. The van der Waals surface area contributed by atoms with Gasteiger partial charge in [0.15, 0.2) is 9.84 Å². The number of likely N-dealkylation sites (tertiary alicyclic amines) is 1. The Morgan fingerprint density at radius 1 is 1.47 bits per heavy atom. The van der Waals surface area contributed by atoms with Crippen LogP contribution in [-0.4, -0.2) is 55.2 Å². The molecule has 5 heteroatoms. The molecular weight excluding hydrogens is 214 g/mol. The summed E-state index contributed by atoms with van der Waals surface area (Å²) in [5.74, 6) is 0. The first-order valence-corrected chi connectivity index (χ1v) is 7.21. The van der Waals surface area contributed by atoms with E-state index in [2.05, 4.69) is 4.90 Å². The van der Waals surface area contributed by atoms with Gasteiger partial charge < -0.3 is 5.11 Å². The van der Waals surface area contributed by atoms with Crippen LogP contribution in [0.4, 0.5) is 0 Å². The summed E-state index contributed by atoms with van der Waals surface area (Å²) in [4.78, 5) is 2.08. The maximum Gasteiger partial charge on any atom is 0.153 e. The second kappa shape index (κ2) is 4.39. The molecule has 0 bridgehead atoms. The molecular formula is C10H21NO3S. The van der Waals surface area contributed by atoms with Gasteiger partial charge in [0.25, 0.3) is 0 Å². The van der Waals surface area contributed by atoms with E-state index in [4.69, 9.17) is 5.11 Å². The first kappa shape index (κ1) is 12.9. The van der Waals surface area contributed by atoms with Gasteiger partial charge in [-0.05, 0) is 33.2 Å². The molecule has 1 rings (SSSR count).